The van der Waals surface area contributed by atoms with Crippen molar-refractivity contribution in [3.8, 4) is 0 Å². The maximum absolute atomic E-state index is 11.9. The van der Waals surface area contributed by atoms with Crippen LogP contribution in [-0.4, -0.2) is 39.4 Å². The average Bonchev–Trinajstić information content (AvgIpc) is 2.30. The molecule has 0 aliphatic carbocycles. The van der Waals surface area contributed by atoms with E-state index in [1.807, 2.05) is 0 Å². The summed E-state index contributed by atoms with van der Waals surface area (Å²) in [6, 6.07) is 2.18. The number of carbonyl (C=O) groups excluding carboxylic acids is 1. The first-order chi connectivity index (χ1) is 9.70. The molecule has 116 valence electrons. The third-order valence-corrected chi connectivity index (χ3v) is 4.44. The van der Waals surface area contributed by atoms with Crippen LogP contribution in [0.1, 0.15) is 17.3 Å². The van der Waals surface area contributed by atoms with Crippen LogP contribution in [0.15, 0.2) is 21.1 Å². The van der Waals surface area contributed by atoms with E-state index in [1.165, 1.54) is 6.07 Å². The second-order valence-corrected chi connectivity index (χ2v) is 7.60. The fourth-order valence-electron chi connectivity index (χ4n) is 1.64. The number of nitrogens with one attached hydrogen (secondary N) is 2. The minimum Gasteiger partial charge on any atom is -0.478 e. The van der Waals surface area contributed by atoms with Gasteiger partial charge >= 0.3 is 12.0 Å². The number of anilines is 1. The molecule has 21 heavy (non-hydrogen) atoms. The molecule has 0 heterocycles. The second kappa shape index (κ2) is 7.90. The number of carbonyl (C=O) groups is 2. The van der Waals surface area contributed by atoms with Gasteiger partial charge in [0.05, 0.1) is 11.3 Å². The van der Waals surface area contributed by atoms with Gasteiger partial charge in [-0.3, -0.25) is 4.21 Å². The lowest BCUT2D eigenvalue weighted by atomic mass is 10.2. The van der Waals surface area contributed by atoms with Crippen LogP contribution in [0.2, 0.25) is 0 Å². The average molecular weight is 442 g/mol. The van der Waals surface area contributed by atoms with Gasteiger partial charge in [-0.25, -0.2) is 9.59 Å². The third-order valence-electron chi connectivity index (χ3n) is 2.39. The minimum atomic E-state index is -1.16. The highest BCUT2D eigenvalue weighted by molar-refractivity contribution is 9.11. The molecule has 0 bridgehead atoms. The molecule has 0 aliphatic rings. The number of halogens is 2. The van der Waals surface area contributed by atoms with Crippen molar-refractivity contribution in [1.82, 2.24) is 5.32 Å². The number of benzene rings is 1. The second-order valence-electron chi connectivity index (χ2n) is 4.35. The minimum absolute atomic E-state index is 0.0434. The summed E-state index contributed by atoms with van der Waals surface area (Å²) < 4.78 is 12.1. The van der Waals surface area contributed by atoms with Crippen molar-refractivity contribution in [2.75, 3.05) is 17.3 Å². The number of rotatable bonds is 5. The van der Waals surface area contributed by atoms with Crippen LogP contribution in [0.25, 0.3) is 0 Å². The van der Waals surface area contributed by atoms with Crippen molar-refractivity contribution in [2.24, 2.45) is 0 Å². The Labute approximate surface area is 141 Å². The van der Waals surface area contributed by atoms with Crippen molar-refractivity contribution >= 4 is 60.3 Å². The molecule has 1 rings (SSSR count). The van der Waals surface area contributed by atoms with Crippen molar-refractivity contribution in [3.63, 3.8) is 0 Å². The zero-order valence-electron chi connectivity index (χ0n) is 11.3. The number of aromatic carboxylic acids is 1. The molecular weight excluding hydrogens is 428 g/mol. The number of hydrogen-bond acceptors (Lipinski definition) is 3. The molecule has 0 fully saturated rings. The fourth-order valence-corrected chi connectivity index (χ4v) is 3.75. The Morgan fingerprint density at radius 2 is 2.00 bits per heavy atom. The van der Waals surface area contributed by atoms with Gasteiger partial charge in [0.2, 0.25) is 0 Å². The van der Waals surface area contributed by atoms with E-state index in [0.717, 1.165) is 0 Å². The quantitative estimate of drug-likeness (QED) is 0.654. The van der Waals surface area contributed by atoms with E-state index >= 15 is 0 Å². The lowest BCUT2D eigenvalue weighted by Gasteiger charge is -2.15. The van der Waals surface area contributed by atoms with Crippen LogP contribution in [-0.2, 0) is 10.8 Å². The highest BCUT2D eigenvalue weighted by Gasteiger charge is 2.18. The lowest BCUT2D eigenvalue weighted by Crippen LogP contribution is -2.39. The molecule has 2 atom stereocenters. The number of amides is 2. The summed E-state index contributed by atoms with van der Waals surface area (Å²) in [6.45, 7) is 1.72. The maximum Gasteiger partial charge on any atom is 0.337 e. The van der Waals surface area contributed by atoms with Gasteiger partial charge in [0.1, 0.15) is 0 Å². The number of carboxylic acid groups (broad SMARTS) is 1. The molecule has 9 heteroatoms. The Balaban J connectivity index is 2.90. The molecule has 0 saturated heterocycles. The zero-order chi connectivity index (χ0) is 16.2. The largest absolute Gasteiger partial charge is 0.478 e. The number of urea groups is 1. The Bertz CT molecular complexity index is 595. The molecule has 2 amide bonds. The van der Waals surface area contributed by atoms with E-state index in [4.69, 9.17) is 0 Å². The Kier molecular flexibility index (Phi) is 6.82. The Morgan fingerprint density at radius 3 is 2.52 bits per heavy atom. The van der Waals surface area contributed by atoms with Crippen molar-refractivity contribution in [2.45, 2.75) is 13.0 Å². The van der Waals surface area contributed by atoms with E-state index in [9.17, 15) is 18.9 Å². The van der Waals surface area contributed by atoms with Crippen LogP contribution in [0.3, 0.4) is 0 Å². The summed E-state index contributed by atoms with van der Waals surface area (Å²) in [5.74, 6) is -0.837. The van der Waals surface area contributed by atoms with Gasteiger partial charge in [0.15, 0.2) is 0 Å². The maximum atomic E-state index is 11.9. The van der Waals surface area contributed by atoms with Gasteiger partial charge in [0.25, 0.3) is 0 Å². The van der Waals surface area contributed by atoms with Gasteiger partial charge in [-0.1, -0.05) is 15.9 Å². The summed E-state index contributed by atoms with van der Waals surface area (Å²) in [7, 11) is -1.03. The summed E-state index contributed by atoms with van der Waals surface area (Å²) in [4.78, 5) is 23.1. The zero-order valence-corrected chi connectivity index (χ0v) is 15.3. The van der Waals surface area contributed by atoms with Crippen LogP contribution < -0.4 is 10.6 Å². The van der Waals surface area contributed by atoms with E-state index in [0.29, 0.717) is 14.7 Å². The van der Waals surface area contributed by atoms with Gasteiger partial charge in [-0.05, 0) is 35.0 Å². The first-order valence-corrected chi connectivity index (χ1v) is 9.12. The SMILES string of the molecule is CC(CS(C)=O)NC(=O)Nc1c(Br)cc(Br)cc1C(=O)O. The van der Waals surface area contributed by atoms with Gasteiger partial charge < -0.3 is 15.7 Å². The topological polar surface area (TPSA) is 95.5 Å². The van der Waals surface area contributed by atoms with E-state index in [1.54, 1.807) is 19.2 Å². The third kappa shape index (κ3) is 5.76. The van der Waals surface area contributed by atoms with E-state index in [-0.39, 0.29) is 17.3 Å². The van der Waals surface area contributed by atoms with Gasteiger partial charge in [-0.15, -0.1) is 0 Å². The standard InChI is InChI=1S/C12H14Br2N2O4S/c1-6(5-21(2)20)15-12(19)16-10-8(11(17)18)3-7(13)4-9(10)14/h3-4,6H,5H2,1-2H3,(H,17,18)(H2,15,16,19). The monoisotopic (exact) mass is 440 g/mol. The molecule has 0 saturated carbocycles. The first kappa shape index (κ1) is 18.1. The summed E-state index contributed by atoms with van der Waals surface area (Å²) in [6.07, 6.45) is 1.55. The predicted octanol–water partition coefficient (Wildman–Crippen LogP) is 2.80. The van der Waals surface area contributed by atoms with E-state index in [2.05, 4.69) is 42.5 Å². The Morgan fingerprint density at radius 1 is 1.38 bits per heavy atom. The van der Waals surface area contributed by atoms with Crippen LogP contribution in [0.5, 0.6) is 0 Å². The summed E-state index contributed by atoms with van der Waals surface area (Å²) in [5, 5.41) is 14.3. The predicted molar refractivity (Wildman–Crippen MR) is 89.4 cm³/mol. The molecular formula is C12H14Br2N2O4S. The van der Waals surface area contributed by atoms with Crippen LogP contribution in [0, 0.1) is 0 Å². The molecule has 2 unspecified atom stereocenters. The summed E-state index contributed by atoms with van der Waals surface area (Å²) >= 11 is 6.41. The molecule has 0 radical (unpaired) electrons. The molecule has 1 aromatic carbocycles. The molecule has 0 aliphatic heterocycles. The highest BCUT2D eigenvalue weighted by Crippen LogP contribution is 2.30. The number of hydrogen-bond donors (Lipinski definition) is 3. The molecule has 3 N–H and O–H groups in total. The first-order valence-electron chi connectivity index (χ1n) is 5.80. The smallest absolute Gasteiger partial charge is 0.337 e. The molecule has 6 nitrogen and oxygen atoms in total. The van der Waals surface area contributed by atoms with Crippen molar-refractivity contribution in [3.05, 3.63) is 26.6 Å². The lowest BCUT2D eigenvalue weighted by molar-refractivity contribution is 0.0698. The number of carboxylic acids is 1. The molecule has 0 aromatic heterocycles. The van der Waals surface area contributed by atoms with Gasteiger partial charge in [-0.2, -0.15) is 0 Å². The van der Waals surface area contributed by atoms with Crippen molar-refractivity contribution < 1.29 is 18.9 Å². The highest BCUT2D eigenvalue weighted by atomic mass is 79.9. The molecule has 0 spiro atoms. The summed E-state index contributed by atoms with van der Waals surface area (Å²) in [5.41, 5.74) is 0.117. The Hall–Kier alpha value is -0.930. The molecule has 1 aromatic rings. The fraction of sp³-hybridized carbons (Fsp3) is 0.333. The van der Waals surface area contributed by atoms with E-state index < -0.39 is 22.8 Å². The normalized spacial score (nSPS) is 13.3. The van der Waals surface area contributed by atoms with Gasteiger partial charge in [0, 0.05) is 37.8 Å². The van der Waals surface area contributed by atoms with Crippen molar-refractivity contribution in [1.29, 1.82) is 0 Å². The van der Waals surface area contributed by atoms with Crippen LogP contribution in [0.4, 0.5) is 10.5 Å². The van der Waals surface area contributed by atoms with Crippen LogP contribution >= 0.6 is 31.9 Å².